The fraction of sp³-hybridized carbons (Fsp3) is 0.417. The summed E-state index contributed by atoms with van der Waals surface area (Å²) < 4.78 is 0. The largest absolute Gasteiger partial charge is 0.347 e. The van der Waals surface area contributed by atoms with E-state index >= 15 is 0 Å². The van der Waals surface area contributed by atoms with Crippen molar-refractivity contribution < 1.29 is 9.59 Å². The van der Waals surface area contributed by atoms with Crippen molar-refractivity contribution in [1.82, 2.24) is 15.6 Å². The number of aryl methyl sites for hydroxylation is 1. The van der Waals surface area contributed by atoms with Crippen LogP contribution in [-0.2, 0) is 12.8 Å². The number of benzene rings is 2. The van der Waals surface area contributed by atoms with Gasteiger partial charge in [-0.25, -0.2) is 9.78 Å². The molecular weight excluding hydrogens is 566 g/mol. The summed E-state index contributed by atoms with van der Waals surface area (Å²) in [5.74, 6) is 0.384. The second-order valence-electron chi connectivity index (χ2n) is 12.5. The molecule has 2 aromatic heterocycles. The number of thiophene rings is 1. The minimum atomic E-state index is -0.219. The summed E-state index contributed by atoms with van der Waals surface area (Å²) in [6.45, 7) is 1.75. The molecule has 8 heteroatoms. The van der Waals surface area contributed by atoms with E-state index in [-0.39, 0.29) is 18.0 Å². The van der Waals surface area contributed by atoms with E-state index in [9.17, 15) is 9.59 Å². The molecule has 3 amide bonds. The first kappa shape index (κ1) is 29.0. The maximum absolute atomic E-state index is 14.1. The highest BCUT2D eigenvalue weighted by Gasteiger charge is 2.35. The zero-order valence-corrected chi connectivity index (χ0v) is 26.1. The van der Waals surface area contributed by atoms with Gasteiger partial charge in [0.1, 0.15) is 9.71 Å². The average molecular weight is 608 g/mol. The van der Waals surface area contributed by atoms with Gasteiger partial charge >= 0.3 is 6.03 Å². The lowest BCUT2D eigenvalue weighted by Crippen LogP contribution is -2.45. The third-order valence-electron chi connectivity index (χ3n) is 9.54. The highest BCUT2D eigenvalue weighted by molar-refractivity contribution is 7.21. The number of carbonyl (C=O) groups excluding carboxylic acids is 2. The van der Waals surface area contributed by atoms with E-state index in [1.54, 1.807) is 6.20 Å². The van der Waals surface area contributed by atoms with Gasteiger partial charge in [0.2, 0.25) is 0 Å². The molecule has 1 aliphatic carbocycles. The number of hydrogen-bond donors (Lipinski definition) is 3. The van der Waals surface area contributed by atoms with Crippen molar-refractivity contribution in [3.8, 4) is 0 Å². The lowest BCUT2D eigenvalue weighted by atomic mass is 9.80. The Morgan fingerprint density at radius 2 is 1.77 bits per heavy atom. The fourth-order valence-electron chi connectivity index (χ4n) is 7.36. The normalized spacial score (nSPS) is 18.8. The first-order chi connectivity index (χ1) is 21.7. The zero-order valence-electron chi connectivity index (χ0n) is 25.2. The summed E-state index contributed by atoms with van der Waals surface area (Å²) in [6.07, 6.45) is 14.1. The van der Waals surface area contributed by atoms with Crippen LogP contribution in [0.3, 0.4) is 0 Å². The molecule has 0 radical (unpaired) electrons. The minimum Gasteiger partial charge on any atom is -0.347 e. The molecule has 0 bridgehead atoms. The van der Waals surface area contributed by atoms with E-state index in [0.29, 0.717) is 16.5 Å². The Bertz CT molecular complexity index is 1640. The maximum Gasteiger partial charge on any atom is 0.331 e. The van der Waals surface area contributed by atoms with E-state index in [1.165, 1.54) is 60.1 Å². The topological polar surface area (TPSA) is 86.4 Å². The molecule has 1 atom stereocenters. The Balaban J connectivity index is 1.23. The van der Waals surface area contributed by atoms with Gasteiger partial charge in [0.05, 0.1) is 22.4 Å². The monoisotopic (exact) mass is 607 g/mol. The zero-order chi connectivity index (χ0) is 29.9. The van der Waals surface area contributed by atoms with E-state index in [2.05, 4.69) is 69.5 Å². The van der Waals surface area contributed by atoms with Gasteiger partial charge in [-0.1, -0.05) is 61.7 Å². The minimum absolute atomic E-state index is 0.0869. The quantitative estimate of drug-likeness (QED) is 0.168. The number of rotatable bonds is 9. The smallest absolute Gasteiger partial charge is 0.331 e. The molecule has 1 saturated carbocycles. The molecule has 3 N–H and O–H groups in total. The van der Waals surface area contributed by atoms with Crippen LogP contribution in [0.4, 0.5) is 21.9 Å². The number of hydrogen-bond acceptors (Lipinski definition) is 5. The number of carbonyl (C=O) groups is 2. The van der Waals surface area contributed by atoms with Gasteiger partial charge in [0, 0.05) is 18.8 Å². The van der Waals surface area contributed by atoms with Crippen LogP contribution in [0.1, 0.15) is 90.1 Å². The van der Waals surface area contributed by atoms with Gasteiger partial charge in [-0.15, -0.1) is 11.3 Å². The highest BCUT2D eigenvalue weighted by atomic mass is 32.1. The Labute approximate surface area is 263 Å². The lowest BCUT2D eigenvalue weighted by Gasteiger charge is -2.32. The standard InChI is InChI=1S/C36H41N5O2S/c42-34(39-26-16-10-21-37-23-26)33-32-31-30(20-22-38-35(31)44-33)41(36(43)40-32)29-19-9-18-27(25-14-5-2-6-15-25)28(29)17-8-7-13-24-11-3-1-4-12-24/h1,3-4,9,11-12,18-20,22,25-26,37H,2,5-8,10,13-17,21,23H2,(H,39,42)(H,40,43)/t26-/m1/s1. The highest BCUT2D eigenvalue weighted by Crippen LogP contribution is 2.47. The molecule has 4 aromatic rings. The SMILES string of the molecule is O=C(N[C@@H]1CCCNC1)c1sc2nccc3c2c1NC(=O)N3c1cccc(C2CCCCC2)c1CCCCc1ccccc1. The van der Waals surface area contributed by atoms with E-state index in [1.807, 2.05) is 11.0 Å². The molecule has 4 heterocycles. The third-order valence-corrected chi connectivity index (χ3v) is 10.6. The number of urea groups is 1. The van der Waals surface area contributed by atoms with E-state index in [4.69, 9.17) is 0 Å². The van der Waals surface area contributed by atoms with Crippen LogP contribution in [0.25, 0.3) is 10.2 Å². The van der Waals surface area contributed by atoms with Crippen molar-refractivity contribution in [2.75, 3.05) is 23.3 Å². The maximum atomic E-state index is 14.1. The van der Waals surface area contributed by atoms with Crippen LogP contribution >= 0.6 is 11.3 Å². The van der Waals surface area contributed by atoms with Crippen LogP contribution in [0.15, 0.2) is 60.8 Å². The number of nitrogens with zero attached hydrogens (tertiary/aromatic N) is 2. The van der Waals surface area contributed by atoms with Crippen LogP contribution in [0.5, 0.6) is 0 Å². The Morgan fingerprint density at radius 3 is 2.59 bits per heavy atom. The molecule has 7 nitrogen and oxygen atoms in total. The number of aromatic nitrogens is 1. The van der Waals surface area contributed by atoms with Crippen LogP contribution in [0.2, 0.25) is 0 Å². The second kappa shape index (κ2) is 13.1. The molecule has 2 aliphatic heterocycles. The number of anilines is 3. The molecule has 228 valence electrons. The molecule has 2 aromatic carbocycles. The summed E-state index contributed by atoms with van der Waals surface area (Å²) in [5, 5.41) is 10.5. The number of unbranched alkanes of at least 4 members (excludes halogenated alkanes) is 1. The Kier molecular flexibility index (Phi) is 8.62. The van der Waals surface area contributed by atoms with Gasteiger partial charge in [-0.2, -0.15) is 0 Å². The Morgan fingerprint density at radius 1 is 0.932 bits per heavy atom. The van der Waals surface area contributed by atoms with Crippen LogP contribution < -0.4 is 20.9 Å². The van der Waals surface area contributed by atoms with Gasteiger partial charge in [0.25, 0.3) is 5.91 Å². The molecular formula is C36H41N5O2S. The molecule has 0 spiro atoms. The first-order valence-corrected chi connectivity index (χ1v) is 17.2. The molecule has 44 heavy (non-hydrogen) atoms. The molecule has 0 unspecified atom stereocenters. The predicted octanol–water partition coefficient (Wildman–Crippen LogP) is 8.07. The number of pyridine rings is 1. The van der Waals surface area contributed by atoms with Crippen molar-refractivity contribution in [2.24, 2.45) is 0 Å². The van der Waals surface area contributed by atoms with Gasteiger partial charge in [0.15, 0.2) is 0 Å². The van der Waals surface area contributed by atoms with Crippen molar-refractivity contribution in [3.63, 3.8) is 0 Å². The average Bonchev–Trinajstić information content (AvgIpc) is 3.44. The number of piperidine rings is 1. The summed E-state index contributed by atoms with van der Waals surface area (Å²) in [7, 11) is 0. The molecule has 3 aliphatic rings. The molecule has 7 rings (SSSR count). The van der Waals surface area contributed by atoms with E-state index in [0.717, 1.165) is 73.2 Å². The Hall–Kier alpha value is -3.75. The number of nitrogens with one attached hydrogen (secondary N) is 3. The summed E-state index contributed by atoms with van der Waals surface area (Å²) in [6, 6.07) is 19.0. The fourth-order valence-corrected chi connectivity index (χ4v) is 8.38. The van der Waals surface area contributed by atoms with Gasteiger partial charge < -0.3 is 16.0 Å². The van der Waals surface area contributed by atoms with Crippen LogP contribution in [0, 0.1) is 0 Å². The second-order valence-corrected chi connectivity index (χ2v) is 13.5. The molecule has 1 saturated heterocycles. The van der Waals surface area contributed by atoms with Crippen LogP contribution in [-0.4, -0.2) is 36.1 Å². The predicted molar refractivity (Wildman–Crippen MR) is 179 cm³/mol. The van der Waals surface area contributed by atoms with Gasteiger partial charge in [-0.3, -0.25) is 9.69 Å². The van der Waals surface area contributed by atoms with E-state index < -0.39 is 0 Å². The van der Waals surface area contributed by atoms with Crippen molar-refractivity contribution in [2.45, 2.75) is 82.6 Å². The van der Waals surface area contributed by atoms with Crippen molar-refractivity contribution in [1.29, 1.82) is 0 Å². The summed E-state index contributed by atoms with van der Waals surface area (Å²) in [4.78, 5) is 35.3. The summed E-state index contributed by atoms with van der Waals surface area (Å²) in [5.41, 5.74) is 6.39. The first-order valence-electron chi connectivity index (χ1n) is 16.4. The van der Waals surface area contributed by atoms with Crippen molar-refractivity contribution >= 4 is 50.6 Å². The van der Waals surface area contributed by atoms with Gasteiger partial charge in [-0.05, 0) is 92.7 Å². The third kappa shape index (κ3) is 5.85. The lowest BCUT2D eigenvalue weighted by molar-refractivity contribution is 0.0935. The number of amides is 3. The summed E-state index contributed by atoms with van der Waals surface area (Å²) >= 11 is 1.36. The molecule has 2 fully saturated rings. The van der Waals surface area contributed by atoms with Crippen molar-refractivity contribution in [3.05, 3.63) is 82.4 Å².